The molecule has 0 aromatic heterocycles. The summed E-state index contributed by atoms with van der Waals surface area (Å²) in [5.41, 5.74) is 3.97. The van der Waals surface area contributed by atoms with Crippen molar-refractivity contribution in [1.82, 2.24) is 0 Å². The number of nitrogens with two attached hydrogens (primary N) is 1. The van der Waals surface area contributed by atoms with Gasteiger partial charge in [-0.2, -0.15) is 13.2 Å². The zero-order valence-electron chi connectivity index (χ0n) is 10.2. The number of nitrogens with one attached hydrogen (secondary N) is 1. The van der Waals surface area contributed by atoms with E-state index < -0.39 is 17.3 Å². The summed E-state index contributed by atoms with van der Waals surface area (Å²) in [6.45, 7) is 1.65. The first kappa shape index (κ1) is 14.5. The SMILES string of the molecule is CC1(O)CC(Nc2c(N)cc(Br)cc2C(F)(F)F)C1. The van der Waals surface area contributed by atoms with E-state index in [1.807, 2.05) is 0 Å². The summed E-state index contributed by atoms with van der Waals surface area (Å²) < 4.78 is 39.2. The molecule has 106 valence electrons. The Morgan fingerprint density at radius 1 is 1.42 bits per heavy atom. The van der Waals surface area contributed by atoms with Gasteiger partial charge in [0.05, 0.1) is 22.5 Å². The van der Waals surface area contributed by atoms with Crippen molar-refractivity contribution >= 4 is 27.3 Å². The number of benzene rings is 1. The first-order chi connectivity index (χ1) is 8.58. The fourth-order valence-corrected chi connectivity index (χ4v) is 2.80. The number of aliphatic hydroxyl groups is 1. The number of alkyl halides is 3. The van der Waals surface area contributed by atoms with Gasteiger partial charge in [0.2, 0.25) is 0 Å². The maximum atomic E-state index is 13.0. The summed E-state index contributed by atoms with van der Waals surface area (Å²) in [6.07, 6.45) is -3.67. The van der Waals surface area contributed by atoms with Crippen LogP contribution in [0.2, 0.25) is 0 Å². The van der Waals surface area contributed by atoms with E-state index in [0.29, 0.717) is 12.8 Å². The molecule has 0 amide bonds. The summed E-state index contributed by atoms with van der Waals surface area (Å²) in [7, 11) is 0. The van der Waals surface area contributed by atoms with E-state index in [0.717, 1.165) is 6.07 Å². The smallest absolute Gasteiger partial charge is 0.397 e. The molecule has 1 aliphatic rings. The van der Waals surface area contributed by atoms with Gasteiger partial charge in [0.1, 0.15) is 0 Å². The van der Waals surface area contributed by atoms with Gasteiger partial charge in [-0.15, -0.1) is 0 Å². The third-order valence-corrected chi connectivity index (χ3v) is 3.62. The lowest BCUT2D eigenvalue weighted by Gasteiger charge is -2.42. The first-order valence-corrected chi connectivity index (χ1v) is 6.53. The third kappa shape index (κ3) is 3.14. The minimum atomic E-state index is -4.48. The van der Waals surface area contributed by atoms with E-state index in [2.05, 4.69) is 21.2 Å². The molecule has 3 nitrogen and oxygen atoms in total. The normalized spacial score (nSPS) is 26.9. The Hall–Kier alpha value is -0.950. The lowest BCUT2D eigenvalue weighted by Crippen LogP contribution is -2.48. The molecule has 1 aromatic rings. The van der Waals surface area contributed by atoms with Crippen molar-refractivity contribution in [1.29, 1.82) is 0 Å². The van der Waals surface area contributed by atoms with Gasteiger partial charge in [0.25, 0.3) is 0 Å². The number of hydrogen-bond donors (Lipinski definition) is 3. The van der Waals surface area contributed by atoms with Crippen LogP contribution in [-0.4, -0.2) is 16.7 Å². The molecule has 0 saturated heterocycles. The standard InChI is InChI=1S/C12H14BrF3N2O/c1-11(19)4-7(5-11)18-10-8(12(14,15)16)2-6(13)3-9(10)17/h2-3,7,18-19H,4-5,17H2,1H3. The number of nitrogen functional groups attached to an aromatic ring is 1. The van der Waals surface area contributed by atoms with Crippen LogP contribution in [0.25, 0.3) is 0 Å². The van der Waals surface area contributed by atoms with Crippen molar-refractivity contribution in [3.63, 3.8) is 0 Å². The molecule has 0 heterocycles. The Morgan fingerprint density at radius 3 is 2.47 bits per heavy atom. The predicted octanol–water partition coefficient (Wildman–Crippen LogP) is 3.38. The number of rotatable bonds is 2. The number of anilines is 2. The monoisotopic (exact) mass is 338 g/mol. The average Bonchev–Trinajstić information content (AvgIpc) is 2.17. The van der Waals surface area contributed by atoms with Gasteiger partial charge in [-0.1, -0.05) is 15.9 Å². The predicted molar refractivity (Wildman–Crippen MR) is 70.8 cm³/mol. The lowest BCUT2D eigenvalue weighted by atomic mass is 9.77. The van der Waals surface area contributed by atoms with Crippen molar-refractivity contribution in [2.75, 3.05) is 11.1 Å². The van der Waals surface area contributed by atoms with Gasteiger partial charge in [-0.05, 0) is 31.9 Å². The summed E-state index contributed by atoms with van der Waals surface area (Å²) in [5.74, 6) is 0. The maximum absolute atomic E-state index is 13.0. The second kappa shape index (κ2) is 4.56. The zero-order valence-corrected chi connectivity index (χ0v) is 11.8. The quantitative estimate of drug-likeness (QED) is 0.724. The summed E-state index contributed by atoms with van der Waals surface area (Å²) in [6, 6.07) is 2.23. The Bertz CT molecular complexity index is 494. The van der Waals surface area contributed by atoms with E-state index in [-0.39, 0.29) is 21.9 Å². The minimum Gasteiger partial charge on any atom is -0.397 e. The fourth-order valence-electron chi connectivity index (χ4n) is 2.32. The highest BCUT2D eigenvalue weighted by atomic mass is 79.9. The average molecular weight is 339 g/mol. The molecular weight excluding hydrogens is 325 g/mol. The second-order valence-corrected chi connectivity index (χ2v) is 6.08. The van der Waals surface area contributed by atoms with E-state index in [1.54, 1.807) is 6.92 Å². The molecule has 0 spiro atoms. The van der Waals surface area contributed by atoms with Crippen LogP contribution in [0.4, 0.5) is 24.5 Å². The van der Waals surface area contributed by atoms with Gasteiger partial charge >= 0.3 is 6.18 Å². The highest BCUT2D eigenvalue weighted by molar-refractivity contribution is 9.10. The molecule has 1 aromatic carbocycles. The van der Waals surface area contributed by atoms with Crippen LogP contribution < -0.4 is 11.1 Å². The molecule has 0 aliphatic heterocycles. The molecular formula is C12H14BrF3N2O. The Labute approximate surface area is 117 Å². The van der Waals surface area contributed by atoms with Crippen molar-refractivity contribution in [3.8, 4) is 0 Å². The molecule has 1 aliphatic carbocycles. The van der Waals surface area contributed by atoms with Gasteiger partial charge in [-0.25, -0.2) is 0 Å². The Kier molecular flexibility index (Phi) is 3.47. The molecule has 2 rings (SSSR count). The number of halogens is 4. The van der Waals surface area contributed by atoms with Crippen LogP contribution >= 0.6 is 15.9 Å². The van der Waals surface area contributed by atoms with Crippen LogP contribution in [0, 0.1) is 0 Å². The van der Waals surface area contributed by atoms with E-state index in [1.165, 1.54) is 6.07 Å². The van der Waals surface area contributed by atoms with Crippen molar-refractivity contribution in [3.05, 3.63) is 22.2 Å². The van der Waals surface area contributed by atoms with Gasteiger partial charge < -0.3 is 16.2 Å². The van der Waals surface area contributed by atoms with Crippen molar-refractivity contribution in [2.24, 2.45) is 0 Å². The van der Waals surface area contributed by atoms with Gasteiger partial charge in [-0.3, -0.25) is 0 Å². The summed E-state index contributed by atoms with van der Waals surface area (Å²) >= 11 is 3.01. The van der Waals surface area contributed by atoms with E-state index >= 15 is 0 Å². The zero-order chi connectivity index (χ0) is 14.4. The lowest BCUT2D eigenvalue weighted by molar-refractivity contribution is -0.137. The molecule has 0 radical (unpaired) electrons. The number of hydrogen-bond acceptors (Lipinski definition) is 3. The van der Waals surface area contributed by atoms with Crippen LogP contribution in [-0.2, 0) is 6.18 Å². The third-order valence-electron chi connectivity index (χ3n) is 3.16. The van der Waals surface area contributed by atoms with Crippen LogP contribution in [0.15, 0.2) is 16.6 Å². The van der Waals surface area contributed by atoms with E-state index in [9.17, 15) is 18.3 Å². The highest BCUT2D eigenvalue weighted by Gasteiger charge is 2.41. The summed E-state index contributed by atoms with van der Waals surface area (Å²) in [5, 5.41) is 12.4. The molecule has 1 saturated carbocycles. The molecule has 4 N–H and O–H groups in total. The molecule has 0 bridgehead atoms. The topological polar surface area (TPSA) is 58.3 Å². The molecule has 0 unspecified atom stereocenters. The van der Waals surface area contributed by atoms with Crippen LogP contribution in [0.3, 0.4) is 0 Å². The highest BCUT2D eigenvalue weighted by Crippen LogP contribution is 2.42. The Balaban J connectivity index is 2.29. The van der Waals surface area contributed by atoms with Crippen molar-refractivity contribution < 1.29 is 18.3 Å². The van der Waals surface area contributed by atoms with E-state index in [4.69, 9.17) is 5.73 Å². The first-order valence-electron chi connectivity index (χ1n) is 5.74. The van der Waals surface area contributed by atoms with Crippen LogP contribution in [0.5, 0.6) is 0 Å². The van der Waals surface area contributed by atoms with Crippen molar-refractivity contribution in [2.45, 2.75) is 37.6 Å². The largest absolute Gasteiger partial charge is 0.418 e. The van der Waals surface area contributed by atoms with Gasteiger partial charge in [0.15, 0.2) is 0 Å². The summed E-state index contributed by atoms with van der Waals surface area (Å²) in [4.78, 5) is 0. The molecule has 0 atom stereocenters. The second-order valence-electron chi connectivity index (χ2n) is 5.16. The Morgan fingerprint density at radius 2 is 2.00 bits per heavy atom. The fraction of sp³-hybridized carbons (Fsp3) is 0.500. The molecule has 7 heteroatoms. The van der Waals surface area contributed by atoms with Gasteiger partial charge in [0, 0.05) is 10.5 Å². The maximum Gasteiger partial charge on any atom is 0.418 e. The minimum absolute atomic E-state index is 0.0354. The molecule has 19 heavy (non-hydrogen) atoms. The molecule has 1 fully saturated rings. The van der Waals surface area contributed by atoms with Crippen LogP contribution in [0.1, 0.15) is 25.3 Å².